The van der Waals surface area contributed by atoms with Crippen LogP contribution in [0, 0.1) is 26.7 Å². The number of piperidine rings is 1. The van der Waals surface area contributed by atoms with Gasteiger partial charge in [-0.1, -0.05) is 37.0 Å². The maximum absolute atomic E-state index is 13.7. The average Bonchev–Trinajstić information content (AvgIpc) is 2.94. The molecule has 2 fully saturated rings. The molecule has 6 nitrogen and oxygen atoms in total. The zero-order valence-electron chi connectivity index (χ0n) is 19.4. The first-order valence-electron chi connectivity index (χ1n) is 11.7. The van der Waals surface area contributed by atoms with Crippen molar-refractivity contribution in [3.05, 3.63) is 40.1 Å². The molecule has 4 rings (SSSR count). The van der Waals surface area contributed by atoms with E-state index in [1.807, 2.05) is 18.9 Å². The number of nitrogens with zero attached hydrogens (tertiary/aromatic N) is 2. The number of carbonyl (C=O) groups excluding carboxylic acids is 1. The number of carbonyl (C=O) groups is 1. The van der Waals surface area contributed by atoms with Crippen molar-refractivity contribution in [1.29, 1.82) is 0 Å². The Morgan fingerprint density at radius 3 is 2.26 bits per heavy atom. The summed E-state index contributed by atoms with van der Waals surface area (Å²) in [5.74, 6) is 0.424. The van der Waals surface area contributed by atoms with Crippen LogP contribution in [0.5, 0.6) is 0 Å². The fourth-order valence-corrected chi connectivity index (χ4v) is 5.72. The predicted molar refractivity (Wildman–Crippen MR) is 120 cm³/mol. The molecule has 6 heteroatoms. The first-order valence-corrected chi connectivity index (χ1v) is 11.7. The van der Waals surface area contributed by atoms with Gasteiger partial charge in [-0.05, 0) is 69.1 Å². The lowest BCUT2D eigenvalue weighted by atomic mass is 9.85. The summed E-state index contributed by atoms with van der Waals surface area (Å²) in [6.45, 7) is 7.87. The standard InChI is InChI=1S/C25H36N2O4/c1-17-14-18(2)21(19(3)15-17)22-23(28)25(10-12-26(30-4)13-11-25)27(24(22)29)31-16-20-8-6-5-7-9-20/h14-15,20,28H,5-13,16H2,1-4H3. The van der Waals surface area contributed by atoms with Crippen molar-refractivity contribution in [2.24, 2.45) is 5.92 Å². The summed E-state index contributed by atoms with van der Waals surface area (Å²) in [5.41, 5.74) is 3.59. The number of aliphatic hydroxyl groups is 1. The monoisotopic (exact) mass is 428 g/mol. The third-order valence-corrected chi connectivity index (χ3v) is 7.36. The van der Waals surface area contributed by atoms with Gasteiger partial charge >= 0.3 is 0 Å². The van der Waals surface area contributed by atoms with Crippen LogP contribution < -0.4 is 0 Å². The fraction of sp³-hybridized carbons (Fsp3) is 0.640. The zero-order valence-corrected chi connectivity index (χ0v) is 19.4. The van der Waals surface area contributed by atoms with Crippen LogP contribution in [0.1, 0.15) is 67.2 Å². The van der Waals surface area contributed by atoms with Gasteiger partial charge in [-0.3, -0.25) is 9.63 Å². The van der Waals surface area contributed by atoms with Crippen molar-refractivity contribution in [3.8, 4) is 0 Å². The molecule has 1 saturated heterocycles. The van der Waals surface area contributed by atoms with Gasteiger partial charge in [0.15, 0.2) is 0 Å². The second-order valence-corrected chi connectivity index (χ2v) is 9.54. The van der Waals surface area contributed by atoms with E-state index in [-0.39, 0.29) is 11.7 Å². The zero-order chi connectivity index (χ0) is 22.2. The lowest BCUT2D eigenvalue weighted by molar-refractivity contribution is -0.237. The van der Waals surface area contributed by atoms with E-state index < -0.39 is 5.54 Å². The molecule has 0 aromatic heterocycles. The van der Waals surface area contributed by atoms with Crippen LogP contribution in [0.3, 0.4) is 0 Å². The summed E-state index contributed by atoms with van der Waals surface area (Å²) in [6, 6.07) is 4.14. The third kappa shape index (κ3) is 4.01. The van der Waals surface area contributed by atoms with E-state index in [9.17, 15) is 9.90 Å². The molecule has 3 aliphatic rings. The van der Waals surface area contributed by atoms with E-state index >= 15 is 0 Å². The van der Waals surface area contributed by atoms with E-state index in [0.29, 0.717) is 44.0 Å². The molecule has 1 aromatic carbocycles. The van der Waals surface area contributed by atoms with Gasteiger partial charge in [-0.2, -0.15) is 5.06 Å². The second-order valence-electron chi connectivity index (χ2n) is 9.54. The third-order valence-electron chi connectivity index (χ3n) is 7.36. The molecule has 31 heavy (non-hydrogen) atoms. The molecule has 0 unspecified atom stereocenters. The van der Waals surface area contributed by atoms with E-state index in [2.05, 4.69) is 19.1 Å². The minimum Gasteiger partial charge on any atom is -0.509 e. The van der Waals surface area contributed by atoms with E-state index in [1.165, 1.54) is 24.3 Å². The number of aryl methyl sites for hydroxylation is 3. The Morgan fingerprint density at radius 2 is 1.68 bits per heavy atom. The Morgan fingerprint density at radius 1 is 1.06 bits per heavy atom. The molecule has 2 heterocycles. The number of aliphatic hydroxyl groups excluding tert-OH is 1. The Kier molecular flexibility index (Phi) is 6.42. The number of rotatable bonds is 5. The molecule has 1 amide bonds. The second kappa shape index (κ2) is 8.93. The highest BCUT2D eigenvalue weighted by Crippen LogP contribution is 2.46. The van der Waals surface area contributed by atoms with Gasteiger partial charge < -0.3 is 9.94 Å². The fourth-order valence-electron chi connectivity index (χ4n) is 5.72. The molecule has 170 valence electrons. The van der Waals surface area contributed by atoms with Crippen LogP contribution in [0.15, 0.2) is 17.9 Å². The molecule has 0 bridgehead atoms. The molecule has 2 aliphatic heterocycles. The normalized spacial score (nSPS) is 22.7. The minimum atomic E-state index is -0.820. The summed E-state index contributed by atoms with van der Waals surface area (Å²) < 4.78 is 0. The van der Waals surface area contributed by atoms with Crippen LogP contribution in [0.2, 0.25) is 0 Å². The van der Waals surface area contributed by atoms with Gasteiger partial charge in [0, 0.05) is 13.1 Å². The van der Waals surface area contributed by atoms with Gasteiger partial charge in [0.1, 0.15) is 11.3 Å². The Balaban J connectivity index is 1.69. The van der Waals surface area contributed by atoms with Gasteiger partial charge in [-0.15, -0.1) is 0 Å². The lowest BCUT2D eigenvalue weighted by Crippen LogP contribution is -2.55. The first kappa shape index (κ1) is 22.3. The molecule has 0 atom stereocenters. The number of amides is 1. The predicted octanol–water partition coefficient (Wildman–Crippen LogP) is 4.63. The molecule has 1 saturated carbocycles. The Bertz CT molecular complexity index is 841. The molecular formula is C25H36N2O4. The van der Waals surface area contributed by atoms with Crippen molar-refractivity contribution in [1.82, 2.24) is 10.1 Å². The molecular weight excluding hydrogens is 392 g/mol. The summed E-state index contributed by atoms with van der Waals surface area (Å²) in [5, 5.41) is 15.0. The Labute approximate surface area is 185 Å². The van der Waals surface area contributed by atoms with Crippen LogP contribution in [-0.2, 0) is 14.5 Å². The van der Waals surface area contributed by atoms with Crippen LogP contribution in [0.25, 0.3) is 5.57 Å². The van der Waals surface area contributed by atoms with E-state index in [1.54, 1.807) is 7.11 Å². The summed E-state index contributed by atoms with van der Waals surface area (Å²) in [7, 11) is 1.66. The van der Waals surface area contributed by atoms with Crippen molar-refractivity contribution in [2.75, 3.05) is 26.8 Å². The van der Waals surface area contributed by atoms with Crippen LogP contribution in [-0.4, -0.2) is 53.5 Å². The number of hydroxylamine groups is 4. The van der Waals surface area contributed by atoms with Gasteiger partial charge in [0.25, 0.3) is 5.91 Å². The molecule has 1 N–H and O–H groups in total. The highest BCUT2D eigenvalue weighted by atomic mass is 16.7. The van der Waals surface area contributed by atoms with Crippen molar-refractivity contribution in [2.45, 2.75) is 71.3 Å². The number of hydrogen-bond donors (Lipinski definition) is 1. The summed E-state index contributed by atoms with van der Waals surface area (Å²) in [4.78, 5) is 25.4. The average molecular weight is 429 g/mol. The van der Waals surface area contributed by atoms with E-state index in [4.69, 9.17) is 9.68 Å². The molecule has 1 aliphatic carbocycles. The largest absolute Gasteiger partial charge is 0.509 e. The maximum Gasteiger partial charge on any atom is 0.282 e. The molecule has 1 aromatic rings. The highest BCUT2D eigenvalue weighted by molar-refractivity contribution is 6.23. The molecule has 0 radical (unpaired) electrons. The van der Waals surface area contributed by atoms with Gasteiger partial charge in [0.05, 0.1) is 19.3 Å². The van der Waals surface area contributed by atoms with Crippen molar-refractivity contribution < 1.29 is 19.6 Å². The van der Waals surface area contributed by atoms with Gasteiger partial charge in [-0.25, -0.2) is 5.06 Å². The summed E-state index contributed by atoms with van der Waals surface area (Å²) in [6.07, 6.45) is 7.20. The quantitative estimate of drug-likeness (QED) is 0.741. The SMILES string of the molecule is CON1CCC2(CC1)C(O)=C(c1c(C)cc(C)cc1C)C(=O)N2OCC1CCCCC1. The first-order chi connectivity index (χ1) is 14.9. The van der Waals surface area contributed by atoms with E-state index in [0.717, 1.165) is 35.1 Å². The van der Waals surface area contributed by atoms with Gasteiger partial charge in [0.2, 0.25) is 0 Å². The molecule has 1 spiro atoms. The van der Waals surface area contributed by atoms with Crippen molar-refractivity contribution >= 4 is 11.5 Å². The number of hydrogen-bond acceptors (Lipinski definition) is 5. The van der Waals surface area contributed by atoms with Crippen LogP contribution >= 0.6 is 0 Å². The highest BCUT2D eigenvalue weighted by Gasteiger charge is 2.55. The topological polar surface area (TPSA) is 62.2 Å². The van der Waals surface area contributed by atoms with Crippen molar-refractivity contribution in [3.63, 3.8) is 0 Å². The number of benzene rings is 1. The minimum absolute atomic E-state index is 0.159. The Hall–Kier alpha value is -1.89. The summed E-state index contributed by atoms with van der Waals surface area (Å²) >= 11 is 0. The maximum atomic E-state index is 13.7. The lowest BCUT2D eigenvalue weighted by Gasteiger charge is -2.43. The van der Waals surface area contributed by atoms with Crippen LogP contribution in [0.4, 0.5) is 0 Å². The smallest absolute Gasteiger partial charge is 0.282 e.